The highest BCUT2D eigenvalue weighted by Crippen LogP contribution is 2.05. The van der Waals surface area contributed by atoms with Crippen LogP contribution in [0.1, 0.15) is 12.8 Å². The first-order valence-electron chi connectivity index (χ1n) is 4.07. The Morgan fingerprint density at radius 2 is 2.07 bits per heavy atom. The van der Waals surface area contributed by atoms with Crippen LogP contribution in [0.4, 0.5) is 5.82 Å². The summed E-state index contributed by atoms with van der Waals surface area (Å²) in [4.78, 5) is 28.8. The predicted octanol–water partition coefficient (Wildman–Crippen LogP) is 0.933. The molecule has 0 atom stereocenters. The van der Waals surface area contributed by atoms with Crippen molar-refractivity contribution in [3.8, 4) is 0 Å². The van der Waals surface area contributed by atoms with Crippen molar-refractivity contribution >= 4 is 29.3 Å². The van der Waals surface area contributed by atoms with E-state index in [0.29, 0.717) is 0 Å². The molecule has 80 valence electrons. The maximum absolute atomic E-state index is 11.1. The molecule has 6 nitrogen and oxygen atoms in total. The van der Waals surface area contributed by atoms with Crippen LogP contribution in [-0.4, -0.2) is 27.0 Å². The van der Waals surface area contributed by atoms with Gasteiger partial charge in [-0.3, -0.25) is 9.59 Å². The van der Waals surface area contributed by atoms with Crippen LogP contribution in [0.15, 0.2) is 12.4 Å². The van der Waals surface area contributed by atoms with Gasteiger partial charge < -0.3 is 10.4 Å². The summed E-state index contributed by atoms with van der Waals surface area (Å²) in [5, 5.41) is 11.0. The van der Waals surface area contributed by atoms with E-state index in [2.05, 4.69) is 15.3 Å². The van der Waals surface area contributed by atoms with Crippen LogP contribution in [0.3, 0.4) is 0 Å². The maximum Gasteiger partial charge on any atom is 0.303 e. The summed E-state index contributed by atoms with van der Waals surface area (Å²) in [6.07, 6.45) is 2.27. The van der Waals surface area contributed by atoms with Gasteiger partial charge in [0.1, 0.15) is 5.15 Å². The zero-order chi connectivity index (χ0) is 11.3. The molecule has 1 heterocycles. The summed E-state index contributed by atoms with van der Waals surface area (Å²) < 4.78 is 0. The lowest BCUT2D eigenvalue weighted by atomic mass is 10.3. The number of nitrogens with one attached hydrogen (secondary N) is 1. The van der Waals surface area contributed by atoms with Crippen LogP contribution in [0.5, 0.6) is 0 Å². The zero-order valence-electron chi connectivity index (χ0n) is 7.61. The number of hydrogen-bond acceptors (Lipinski definition) is 4. The minimum atomic E-state index is -1.02. The third-order valence-corrected chi connectivity index (χ3v) is 1.65. The van der Waals surface area contributed by atoms with Gasteiger partial charge in [0, 0.05) is 6.42 Å². The highest BCUT2D eigenvalue weighted by atomic mass is 35.5. The summed E-state index contributed by atoms with van der Waals surface area (Å²) in [5.74, 6) is -1.20. The molecule has 0 bridgehead atoms. The quantitative estimate of drug-likeness (QED) is 0.801. The van der Waals surface area contributed by atoms with Crippen LogP contribution >= 0.6 is 11.6 Å². The fourth-order valence-electron chi connectivity index (χ4n) is 0.803. The number of carbonyl (C=O) groups excluding carboxylic acids is 1. The van der Waals surface area contributed by atoms with Crippen molar-refractivity contribution in [3.63, 3.8) is 0 Å². The number of amides is 1. The Morgan fingerprint density at radius 1 is 1.33 bits per heavy atom. The SMILES string of the molecule is O=C(O)CCC(=O)Nc1cnc(Cl)cn1. The van der Waals surface area contributed by atoms with Crippen LogP contribution in [0.2, 0.25) is 5.15 Å². The molecule has 15 heavy (non-hydrogen) atoms. The highest BCUT2D eigenvalue weighted by molar-refractivity contribution is 6.29. The Labute approximate surface area is 90.3 Å². The van der Waals surface area contributed by atoms with Gasteiger partial charge in [-0.15, -0.1) is 0 Å². The average Bonchev–Trinajstić information content (AvgIpc) is 2.19. The molecule has 1 amide bonds. The second-order valence-electron chi connectivity index (χ2n) is 2.67. The van der Waals surface area contributed by atoms with Gasteiger partial charge in [0.2, 0.25) is 5.91 Å². The molecule has 0 spiro atoms. The molecule has 1 aromatic heterocycles. The molecule has 0 aliphatic carbocycles. The topological polar surface area (TPSA) is 92.2 Å². The second-order valence-corrected chi connectivity index (χ2v) is 3.05. The number of aliphatic carboxylic acids is 1. The van der Waals surface area contributed by atoms with Crippen molar-refractivity contribution in [2.75, 3.05) is 5.32 Å². The summed E-state index contributed by atoms with van der Waals surface area (Å²) in [7, 11) is 0. The molecule has 0 aliphatic heterocycles. The molecule has 0 aromatic carbocycles. The number of rotatable bonds is 4. The maximum atomic E-state index is 11.1. The van der Waals surface area contributed by atoms with Crippen LogP contribution in [-0.2, 0) is 9.59 Å². The molecular weight excluding hydrogens is 222 g/mol. The lowest BCUT2D eigenvalue weighted by molar-refractivity contribution is -0.138. The van der Waals surface area contributed by atoms with Gasteiger partial charge in [0.15, 0.2) is 5.82 Å². The van der Waals surface area contributed by atoms with E-state index >= 15 is 0 Å². The minimum absolute atomic E-state index is 0.0976. The molecule has 0 saturated heterocycles. The van der Waals surface area contributed by atoms with Crippen molar-refractivity contribution in [2.24, 2.45) is 0 Å². The predicted molar refractivity (Wildman–Crippen MR) is 52.5 cm³/mol. The van der Waals surface area contributed by atoms with Crippen molar-refractivity contribution < 1.29 is 14.7 Å². The molecular formula is C8H8ClN3O3. The summed E-state index contributed by atoms with van der Waals surface area (Å²) in [6.45, 7) is 0. The Balaban J connectivity index is 2.44. The number of hydrogen-bond donors (Lipinski definition) is 2. The molecule has 0 unspecified atom stereocenters. The Kier molecular flexibility index (Phi) is 3.99. The third-order valence-electron chi connectivity index (χ3n) is 1.45. The largest absolute Gasteiger partial charge is 0.481 e. The number of carboxylic acids is 1. The van der Waals surface area contributed by atoms with Gasteiger partial charge in [-0.1, -0.05) is 11.6 Å². The number of nitrogens with zero attached hydrogens (tertiary/aromatic N) is 2. The Morgan fingerprint density at radius 3 is 2.60 bits per heavy atom. The van der Waals surface area contributed by atoms with E-state index in [1.54, 1.807) is 0 Å². The molecule has 0 aliphatic rings. The normalized spacial score (nSPS) is 9.67. The van der Waals surface area contributed by atoms with Gasteiger partial charge in [-0.05, 0) is 0 Å². The second kappa shape index (κ2) is 5.26. The summed E-state index contributed by atoms with van der Waals surface area (Å²) in [5.41, 5.74) is 0. The number of carboxylic acid groups (broad SMARTS) is 1. The van der Waals surface area contributed by atoms with E-state index in [4.69, 9.17) is 16.7 Å². The first-order chi connectivity index (χ1) is 7.08. The minimum Gasteiger partial charge on any atom is -0.481 e. The van der Waals surface area contributed by atoms with Gasteiger partial charge in [-0.25, -0.2) is 9.97 Å². The molecule has 1 rings (SSSR count). The Bertz CT molecular complexity index is 366. The first-order valence-corrected chi connectivity index (χ1v) is 4.45. The lowest BCUT2D eigenvalue weighted by Crippen LogP contribution is -2.14. The first kappa shape index (κ1) is 11.4. The standard InChI is InChI=1S/C8H8ClN3O3/c9-5-3-11-6(4-10-5)12-7(13)1-2-8(14)15/h3-4H,1-2H2,(H,14,15)(H,11,12,13). The number of aromatic nitrogens is 2. The van der Waals surface area contributed by atoms with Crippen LogP contribution < -0.4 is 5.32 Å². The monoisotopic (exact) mass is 229 g/mol. The highest BCUT2D eigenvalue weighted by Gasteiger charge is 2.06. The molecule has 7 heteroatoms. The van der Waals surface area contributed by atoms with Gasteiger partial charge in [-0.2, -0.15) is 0 Å². The third kappa shape index (κ3) is 4.37. The van der Waals surface area contributed by atoms with E-state index in [9.17, 15) is 9.59 Å². The summed E-state index contributed by atoms with van der Waals surface area (Å²) in [6, 6.07) is 0. The molecule has 0 saturated carbocycles. The number of anilines is 1. The van der Waals surface area contributed by atoms with E-state index in [1.165, 1.54) is 12.4 Å². The smallest absolute Gasteiger partial charge is 0.303 e. The van der Waals surface area contributed by atoms with Crippen molar-refractivity contribution in [3.05, 3.63) is 17.5 Å². The van der Waals surface area contributed by atoms with E-state index in [1.807, 2.05) is 0 Å². The molecule has 2 N–H and O–H groups in total. The molecule has 1 aromatic rings. The summed E-state index contributed by atoms with van der Waals surface area (Å²) >= 11 is 5.49. The molecule has 0 radical (unpaired) electrons. The average molecular weight is 230 g/mol. The van der Waals surface area contributed by atoms with Crippen molar-refractivity contribution in [1.82, 2.24) is 9.97 Å². The number of halogens is 1. The zero-order valence-corrected chi connectivity index (χ0v) is 8.36. The van der Waals surface area contributed by atoms with Crippen molar-refractivity contribution in [2.45, 2.75) is 12.8 Å². The van der Waals surface area contributed by atoms with E-state index in [-0.39, 0.29) is 23.8 Å². The van der Waals surface area contributed by atoms with Crippen LogP contribution in [0.25, 0.3) is 0 Å². The van der Waals surface area contributed by atoms with Gasteiger partial charge >= 0.3 is 5.97 Å². The van der Waals surface area contributed by atoms with E-state index < -0.39 is 11.9 Å². The Hall–Kier alpha value is -1.69. The van der Waals surface area contributed by atoms with Crippen molar-refractivity contribution in [1.29, 1.82) is 0 Å². The lowest BCUT2D eigenvalue weighted by Gasteiger charge is -2.01. The van der Waals surface area contributed by atoms with Gasteiger partial charge in [0.05, 0.1) is 18.8 Å². The fraction of sp³-hybridized carbons (Fsp3) is 0.250. The molecule has 0 fully saturated rings. The fourth-order valence-corrected chi connectivity index (χ4v) is 0.900. The number of carbonyl (C=O) groups is 2. The van der Waals surface area contributed by atoms with E-state index in [0.717, 1.165) is 0 Å². The van der Waals surface area contributed by atoms with Crippen LogP contribution in [0, 0.1) is 0 Å². The van der Waals surface area contributed by atoms with Gasteiger partial charge in [0.25, 0.3) is 0 Å².